The minimum absolute atomic E-state index is 0.00138. The average molecular weight is 388 g/mol. The summed E-state index contributed by atoms with van der Waals surface area (Å²) in [5.74, 6) is -1.52. The van der Waals surface area contributed by atoms with E-state index >= 15 is 0 Å². The molecule has 0 aromatic heterocycles. The molecule has 1 spiro atoms. The van der Waals surface area contributed by atoms with Gasteiger partial charge in [-0.15, -0.1) is 0 Å². The predicted octanol–water partition coefficient (Wildman–Crippen LogP) is 2.26. The maximum absolute atomic E-state index is 13.9. The van der Waals surface area contributed by atoms with E-state index in [9.17, 15) is 22.4 Å². The van der Waals surface area contributed by atoms with Crippen molar-refractivity contribution in [2.24, 2.45) is 0 Å². The van der Waals surface area contributed by atoms with Crippen molar-refractivity contribution >= 4 is 21.8 Å². The number of aryl methyl sites for hydroxylation is 1. The Kier molecular flexibility index (Phi) is 3.85. The lowest BCUT2D eigenvalue weighted by Crippen LogP contribution is -2.48. The first-order chi connectivity index (χ1) is 12.7. The zero-order valence-corrected chi connectivity index (χ0v) is 15.3. The number of urea groups is 1. The summed E-state index contributed by atoms with van der Waals surface area (Å²) < 4.78 is 38.6. The highest BCUT2D eigenvalue weighted by Gasteiger charge is 2.56. The molecule has 140 valence electrons. The average Bonchev–Trinajstić information content (AvgIpc) is 2.86. The molecule has 0 radical (unpaired) electrons. The fourth-order valence-electron chi connectivity index (χ4n) is 3.64. The van der Waals surface area contributed by atoms with Crippen molar-refractivity contribution in [1.29, 1.82) is 0 Å². The standard InChI is InChI=1S/C19H17FN2O4S/c1-12-2-4-13(5-3-12)11-22-17(23)19(21-18(22)24)8-9-27(25,26)16-7-6-14(20)10-15(16)19/h2-7,10H,8-9,11H2,1H3,(H,21,24)/t19-/m1/s1. The minimum Gasteiger partial charge on any atom is -0.319 e. The summed E-state index contributed by atoms with van der Waals surface area (Å²) in [6.45, 7) is 1.99. The van der Waals surface area contributed by atoms with Crippen LogP contribution in [-0.2, 0) is 26.7 Å². The lowest BCUT2D eigenvalue weighted by molar-refractivity contribution is -0.132. The van der Waals surface area contributed by atoms with Crippen LogP contribution in [0, 0.1) is 12.7 Å². The largest absolute Gasteiger partial charge is 0.325 e. The Balaban J connectivity index is 1.77. The summed E-state index contributed by atoms with van der Waals surface area (Å²) in [7, 11) is -3.63. The van der Waals surface area contributed by atoms with E-state index in [2.05, 4.69) is 5.32 Å². The monoisotopic (exact) mass is 388 g/mol. The molecule has 0 aliphatic carbocycles. The summed E-state index contributed by atoms with van der Waals surface area (Å²) in [4.78, 5) is 26.7. The molecule has 2 aromatic rings. The number of carbonyl (C=O) groups is 2. The maximum atomic E-state index is 13.9. The number of hydrogen-bond donors (Lipinski definition) is 1. The van der Waals surface area contributed by atoms with Crippen LogP contribution in [0.2, 0.25) is 0 Å². The Morgan fingerprint density at radius 1 is 1.15 bits per heavy atom. The Bertz CT molecular complexity index is 1070. The van der Waals surface area contributed by atoms with E-state index in [-0.39, 0.29) is 29.2 Å². The number of imide groups is 1. The molecule has 2 aromatic carbocycles. The normalized spacial score (nSPS) is 23.4. The van der Waals surface area contributed by atoms with Gasteiger partial charge in [0.15, 0.2) is 9.84 Å². The smallest absolute Gasteiger partial charge is 0.319 e. The van der Waals surface area contributed by atoms with E-state index in [0.29, 0.717) is 0 Å². The third-order valence-electron chi connectivity index (χ3n) is 5.12. The van der Waals surface area contributed by atoms with Crippen molar-refractivity contribution in [3.05, 3.63) is 65.0 Å². The van der Waals surface area contributed by atoms with Gasteiger partial charge in [0.25, 0.3) is 5.91 Å². The Morgan fingerprint density at radius 3 is 2.56 bits per heavy atom. The molecule has 0 bridgehead atoms. The van der Waals surface area contributed by atoms with Gasteiger partial charge in [-0.3, -0.25) is 9.69 Å². The first-order valence-electron chi connectivity index (χ1n) is 8.45. The molecule has 2 aliphatic heterocycles. The summed E-state index contributed by atoms with van der Waals surface area (Å²) in [5, 5.41) is 2.63. The molecule has 6 nitrogen and oxygen atoms in total. The minimum atomic E-state index is -3.63. The molecule has 1 N–H and O–H groups in total. The summed E-state index contributed by atoms with van der Waals surface area (Å²) >= 11 is 0. The Morgan fingerprint density at radius 2 is 1.85 bits per heavy atom. The summed E-state index contributed by atoms with van der Waals surface area (Å²) in [5.41, 5.74) is 0.265. The number of benzene rings is 2. The van der Waals surface area contributed by atoms with Crippen LogP contribution in [-0.4, -0.2) is 31.0 Å². The van der Waals surface area contributed by atoms with Gasteiger partial charge in [-0.25, -0.2) is 17.6 Å². The van der Waals surface area contributed by atoms with Crippen molar-refractivity contribution in [1.82, 2.24) is 10.2 Å². The summed E-state index contributed by atoms with van der Waals surface area (Å²) in [6.07, 6.45) is -0.124. The highest BCUT2D eigenvalue weighted by molar-refractivity contribution is 7.91. The van der Waals surface area contributed by atoms with Crippen molar-refractivity contribution in [2.75, 3.05) is 5.75 Å². The van der Waals surface area contributed by atoms with Gasteiger partial charge in [-0.1, -0.05) is 29.8 Å². The van der Waals surface area contributed by atoms with Crippen LogP contribution in [0.3, 0.4) is 0 Å². The summed E-state index contributed by atoms with van der Waals surface area (Å²) in [6, 6.07) is 10.0. The molecular formula is C19H17FN2O4S. The van der Waals surface area contributed by atoms with Crippen LogP contribution in [0.5, 0.6) is 0 Å². The van der Waals surface area contributed by atoms with Crippen molar-refractivity contribution in [2.45, 2.75) is 30.3 Å². The van der Waals surface area contributed by atoms with E-state index in [0.717, 1.165) is 34.2 Å². The van der Waals surface area contributed by atoms with Gasteiger partial charge in [-0.2, -0.15) is 0 Å². The SMILES string of the molecule is Cc1ccc(CN2C(=O)N[C@@]3(CCS(=O)(=O)c4ccc(F)cc43)C2=O)cc1. The zero-order chi connectivity index (χ0) is 19.4. The second kappa shape index (κ2) is 5.88. The number of amides is 3. The zero-order valence-electron chi connectivity index (χ0n) is 14.5. The second-order valence-corrected chi connectivity index (χ2v) is 9.00. The number of nitrogens with one attached hydrogen (secondary N) is 1. The van der Waals surface area contributed by atoms with Gasteiger partial charge in [0.2, 0.25) is 0 Å². The van der Waals surface area contributed by atoms with E-state index in [4.69, 9.17) is 0 Å². The topological polar surface area (TPSA) is 83.6 Å². The fourth-order valence-corrected chi connectivity index (χ4v) is 5.28. The fraction of sp³-hybridized carbons (Fsp3) is 0.263. The number of sulfone groups is 1. The van der Waals surface area contributed by atoms with Crippen molar-refractivity contribution in [3.63, 3.8) is 0 Å². The maximum Gasteiger partial charge on any atom is 0.325 e. The van der Waals surface area contributed by atoms with Crippen LogP contribution in [0.15, 0.2) is 47.4 Å². The number of nitrogens with zero attached hydrogens (tertiary/aromatic N) is 1. The number of hydrogen-bond acceptors (Lipinski definition) is 4. The quantitative estimate of drug-likeness (QED) is 0.632. The number of halogens is 1. The van der Waals surface area contributed by atoms with Gasteiger partial charge in [-0.05, 0) is 37.1 Å². The van der Waals surface area contributed by atoms with Crippen molar-refractivity contribution < 1.29 is 22.4 Å². The van der Waals surface area contributed by atoms with E-state index in [1.54, 1.807) is 0 Å². The van der Waals surface area contributed by atoms with E-state index in [1.165, 1.54) is 0 Å². The lowest BCUT2D eigenvalue weighted by atomic mass is 9.86. The Hall–Kier alpha value is -2.74. The van der Waals surface area contributed by atoms with E-state index in [1.807, 2.05) is 31.2 Å². The van der Waals surface area contributed by atoms with Crippen LogP contribution < -0.4 is 5.32 Å². The number of fused-ring (bicyclic) bond motifs is 2. The van der Waals surface area contributed by atoms with Crippen LogP contribution >= 0.6 is 0 Å². The molecule has 8 heteroatoms. The molecule has 2 heterocycles. The third kappa shape index (κ3) is 2.71. The first kappa shape index (κ1) is 17.7. The van der Waals surface area contributed by atoms with Crippen LogP contribution in [0.4, 0.5) is 9.18 Å². The highest BCUT2D eigenvalue weighted by Crippen LogP contribution is 2.41. The molecule has 0 saturated carbocycles. The molecule has 4 rings (SSSR count). The number of rotatable bonds is 2. The molecule has 27 heavy (non-hydrogen) atoms. The molecule has 2 aliphatic rings. The first-order valence-corrected chi connectivity index (χ1v) is 10.1. The van der Waals surface area contributed by atoms with Gasteiger partial charge in [0.1, 0.15) is 11.4 Å². The van der Waals surface area contributed by atoms with E-state index < -0.39 is 33.1 Å². The highest BCUT2D eigenvalue weighted by atomic mass is 32.2. The third-order valence-corrected chi connectivity index (χ3v) is 6.89. The van der Waals surface area contributed by atoms with Gasteiger partial charge in [0, 0.05) is 5.56 Å². The molecule has 0 unspecified atom stereocenters. The number of carbonyl (C=O) groups excluding carboxylic acids is 2. The van der Waals surface area contributed by atoms with Gasteiger partial charge < -0.3 is 5.32 Å². The molecule has 1 atom stereocenters. The molecule has 1 fully saturated rings. The van der Waals surface area contributed by atoms with Gasteiger partial charge in [0.05, 0.1) is 17.2 Å². The van der Waals surface area contributed by atoms with Crippen LogP contribution in [0.25, 0.3) is 0 Å². The van der Waals surface area contributed by atoms with Crippen molar-refractivity contribution in [3.8, 4) is 0 Å². The van der Waals surface area contributed by atoms with Crippen LogP contribution in [0.1, 0.15) is 23.1 Å². The lowest BCUT2D eigenvalue weighted by Gasteiger charge is -2.33. The molecule has 1 saturated heterocycles. The van der Waals surface area contributed by atoms with Gasteiger partial charge >= 0.3 is 6.03 Å². The Labute approximate surface area is 155 Å². The molecule has 3 amide bonds. The predicted molar refractivity (Wildman–Crippen MR) is 95.0 cm³/mol. The second-order valence-electron chi connectivity index (χ2n) is 6.92. The molecular weight excluding hydrogens is 371 g/mol.